The van der Waals surface area contributed by atoms with Crippen molar-refractivity contribution in [1.82, 2.24) is 4.90 Å². The van der Waals surface area contributed by atoms with Crippen LogP contribution in [0.2, 0.25) is 0 Å². The highest BCUT2D eigenvalue weighted by atomic mass is 32.1. The number of aryl methyl sites for hydroxylation is 2. The summed E-state index contributed by atoms with van der Waals surface area (Å²) in [5, 5.41) is 13.2. The van der Waals surface area contributed by atoms with Crippen molar-refractivity contribution in [2.75, 3.05) is 14.2 Å². The van der Waals surface area contributed by atoms with Gasteiger partial charge in [0.25, 0.3) is 11.7 Å². The normalized spacial score (nSPS) is 17.5. The molecule has 1 aliphatic rings. The van der Waals surface area contributed by atoms with Gasteiger partial charge in [-0.3, -0.25) is 9.59 Å². The zero-order valence-electron chi connectivity index (χ0n) is 18.9. The number of aliphatic hydroxyl groups excluding tert-OH is 1. The van der Waals surface area contributed by atoms with E-state index >= 15 is 0 Å². The van der Waals surface area contributed by atoms with Crippen LogP contribution in [0.1, 0.15) is 33.2 Å². The maximum absolute atomic E-state index is 13.3. The zero-order valence-corrected chi connectivity index (χ0v) is 19.7. The second-order valence-corrected chi connectivity index (χ2v) is 8.92. The molecule has 170 valence electrons. The maximum atomic E-state index is 13.3. The lowest BCUT2D eigenvalue weighted by molar-refractivity contribution is -0.140. The van der Waals surface area contributed by atoms with Crippen LogP contribution in [0.3, 0.4) is 0 Å². The van der Waals surface area contributed by atoms with Crippen LogP contribution in [-0.2, 0) is 16.1 Å². The van der Waals surface area contributed by atoms with Crippen molar-refractivity contribution in [3.05, 3.63) is 86.6 Å². The van der Waals surface area contributed by atoms with Gasteiger partial charge in [-0.05, 0) is 48.6 Å². The first-order valence-corrected chi connectivity index (χ1v) is 11.3. The van der Waals surface area contributed by atoms with Crippen LogP contribution in [0.4, 0.5) is 0 Å². The standard InChI is InChI=1S/C26H25NO5S/c1-15-10-11-17(13-16(15)2)23(28)21-22(19-8-5-9-20(31-3)25(19)32-4)27(26(30)24(21)29)14-18-7-6-12-33-18/h5-13,22,28H,14H2,1-4H3/b23-21+. The molecule has 1 aromatic heterocycles. The third-order valence-corrected chi connectivity index (χ3v) is 6.82. The fraction of sp³-hybridized carbons (Fsp3) is 0.231. The van der Waals surface area contributed by atoms with Crippen molar-refractivity contribution >= 4 is 28.8 Å². The number of aliphatic hydroxyl groups is 1. The van der Waals surface area contributed by atoms with Gasteiger partial charge in [0.1, 0.15) is 5.76 Å². The molecule has 4 rings (SSSR count). The van der Waals surface area contributed by atoms with E-state index in [-0.39, 0.29) is 17.9 Å². The lowest BCUT2D eigenvalue weighted by Gasteiger charge is -2.27. The van der Waals surface area contributed by atoms with Crippen molar-refractivity contribution in [2.45, 2.75) is 26.4 Å². The average Bonchev–Trinajstić information content (AvgIpc) is 3.42. The van der Waals surface area contributed by atoms with Gasteiger partial charge in [0.05, 0.1) is 32.4 Å². The van der Waals surface area contributed by atoms with Gasteiger partial charge in [0, 0.05) is 16.0 Å². The Kier molecular flexibility index (Phi) is 6.24. The third kappa shape index (κ3) is 4.00. The first kappa shape index (κ1) is 22.6. The lowest BCUT2D eigenvalue weighted by Crippen LogP contribution is -2.29. The number of nitrogens with zero attached hydrogens (tertiary/aromatic N) is 1. The Labute approximate surface area is 196 Å². The highest BCUT2D eigenvalue weighted by Crippen LogP contribution is 2.46. The van der Waals surface area contributed by atoms with Gasteiger partial charge in [-0.1, -0.05) is 30.3 Å². The van der Waals surface area contributed by atoms with Crippen molar-refractivity contribution in [2.24, 2.45) is 0 Å². The van der Waals surface area contributed by atoms with Crippen LogP contribution in [0.5, 0.6) is 11.5 Å². The van der Waals surface area contributed by atoms with E-state index in [1.807, 2.05) is 43.5 Å². The smallest absolute Gasteiger partial charge is 0.295 e. The molecule has 0 aliphatic carbocycles. The number of thiophene rings is 1. The highest BCUT2D eigenvalue weighted by Gasteiger charge is 2.47. The molecule has 3 aromatic rings. The molecule has 0 bridgehead atoms. The van der Waals surface area contributed by atoms with Gasteiger partial charge in [0.15, 0.2) is 11.5 Å². The number of methoxy groups -OCH3 is 2. The van der Waals surface area contributed by atoms with Gasteiger partial charge in [-0.2, -0.15) is 0 Å². The molecule has 1 aliphatic heterocycles. The van der Waals surface area contributed by atoms with E-state index in [1.54, 1.807) is 24.3 Å². The summed E-state index contributed by atoms with van der Waals surface area (Å²) >= 11 is 1.50. The third-order valence-electron chi connectivity index (χ3n) is 5.95. The summed E-state index contributed by atoms with van der Waals surface area (Å²) < 4.78 is 11.1. The monoisotopic (exact) mass is 463 g/mol. The lowest BCUT2D eigenvalue weighted by atomic mass is 9.93. The van der Waals surface area contributed by atoms with Crippen LogP contribution >= 0.6 is 11.3 Å². The van der Waals surface area contributed by atoms with Crippen molar-refractivity contribution < 1.29 is 24.2 Å². The Bertz CT molecular complexity index is 1250. The number of para-hydroxylation sites is 1. The predicted molar refractivity (Wildman–Crippen MR) is 128 cm³/mol. The van der Waals surface area contributed by atoms with Crippen LogP contribution in [0, 0.1) is 13.8 Å². The molecule has 2 heterocycles. The summed E-state index contributed by atoms with van der Waals surface area (Å²) in [6.45, 7) is 4.14. The summed E-state index contributed by atoms with van der Waals surface area (Å²) in [4.78, 5) is 28.9. The molecule has 1 saturated heterocycles. The number of likely N-dealkylation sites (tertiary alicyclic amines) is 1. The van der Waals surface area contributed by atoms with Gasteiger partial charge < -0.3 is 19.5 Å². The van der Waals surface area contributed by atoms with Crippen LogP contribution < -0.4 is 9.47 Å². The molecule has 1 unspecified atom stereocenters. The summed E-state index contributed by atoms with van der Waals surface area (Å²) in [7, 11) is 3.04. The summed E-state index contributed by atoms with van der Waals surface area (Å²) in [5.74, 6) is -0.710. The van der Waals surface area contributed by atoms with Gasteiger partial charge in [-0.15, -0.1) is 11.3 Å². The molecule has 1 fully saturated rings. The van der Waals surface area contributed by atoms with E-state index in [2.05, 4.69) is 0 Å². The fourth-order valence-electron chi connectivity index (χ4n) is 4.11. The number of ketones is 1. The molecular formula is C26H25NO5S. The minimum Gasteiger partial charge on any atom is -0.507 e. The fourth-order valence-corrected chi connectivity index (χ4v) is 4.81. The minimum absolute atomic E-state index is 0.0337. The SMILES string of the molecule is COc1cccc(C2/C(=C(\O)c3ccc(C)c(C)c3)C(=O)C(=O)N2Cc2cccs2)c1OC. The number of rotatable bonds is 6. The molecule has 33 heavy (non-hydrogen) atoms. The number of carbonyl (C=O) groups excluding carboxylic acids is 2. The molecule has 0 saturated carbocycles. The summed E-state index contributed by atoms with van der Waals surface area (Å²) in [6, 6.07) is 13.7. The van der Waals surface area contributed by atoms with E-state index < -0.39 is 17.7 Å². The topological polar surface area (TPSA) is 76.1 Å². The van der Waals surface area contributed by atoms with Crippen LogP contribution in [0.25, 0.3) is 5.76 Å². The quantitative estimate of drug-likeness (QED) is 0.316. The van der Waals surface area contributed by atoms with E-state index in [0.717, 1.165) is 16.0 Å². The highest BCUT2D eigenvalue weighted by molar-refractivity contribution is 7.09. The predicted octanol–water partition coefficient (Wildman–Crippen LogP) is 5.00. The van der Waals surface area contributed by atoms with E-state index in [0.29, 0.717) is 22.6 Å². The van der Waals surface area contributed by atoms with Crippen molar-refractivity contribution in [3.63, 3.8) is 0 Å². The van der Waals surface area contributed by atoms with E-state index in [9.17, 15) is 14.7 Å². The maximum Gasteiger partial charge on any atom is 0.295 e. The number of benzene rings is 2. The molecule has 2 aromatic carbocycles. The number of Topliss-reactive ketones (excluding diaryl/α,β-unsaturated/α-hetero) is 1. The number of carbonyl (C=O) groups is 2. The zero-order chi connectivity index (χ0) is 23.7. The van der Waals surface area contributed by atoms with Crippen molar-refractivity contribution in [1.29, 1.82) is 0 Å². The Hall–Kier alpha value is -3.58. The van der Waals surface area contributed by atoms with Gasteiger partial charge in [0.2, 0.25) is 0 Å². The summed E-state index contributed by atoms with van der Waals surface area (Å²) in [5.41, 5.74) is 3.13. The molecular weight excluding hydrogens is 438 g/mol. The second kappa shape index (κ2) is 9.11. The first-order valence-electron chi connectivity index (χ1n) is 10.5. The Balaban J connectivity index is 1.95. The number of ether oxygens (including phenoxy) is 2. The minimum atomic E-state index is -0.834. The average molecular weight is 464 g/mol. The van der Waals surface area contributed by atoms with E-state index in [4.69, 9.17) is 9.47 Å². The number of hydrogen-bond donors (Lipinski definition) is 1. The molecule has 6 nitrogen and oxygen atoms in total. The molecule has 0 spiro atoms. The number of amides is 1. The number of hydrogen-bond acceptors (Lipinski definition) is 6. The van der Waals surface area contributed by atoms with Gasteiger partial charge >= 0.3 is 0 Å². The molecule has 1 N–H and O–H groups in total. The summed E-state index contributed by atoms with van der Waals surface area (Å²) in [6.07, 6.45) is 0. The van der Waals surface area contributed by atoms with Crippen LogP contribution in [-0.4, -0.2) is 35.9 Å². The molecule has 1 atom stereocenters. The first-order chi connectivity index (χ1) is 15.9. The van der Waals surface area contributed by atoms with Crippen molar-refractivity contribution in [3.8, 4) is 11.5 Å². The van der Waals surface area contributed by atoms with Crippen LogP contribution in [0.15, 0.2) is 59.5 Å². The largest absolute Gasteiger partial charge is 0.507 e. The Morgan fingerprint density at radius 3 is 2.45 bits per heavy atom. The second-order valence-electron chi connectivity index (χ2n) is 7.89. The molecule has 0 radical (unpaired) electrons. The Morgan fingerprint density at radius 1 is 1.03 bits per heavy atom. The van der Waals surface area contributed by atoms with Gasteiger partial charge in [-0.25, -0.2) is 0 Å². The molecule has 7 heteroatoms. The van der Waals surface area contributed by atoms with E-state index in [1.165, 1.54) is 30.5 Å². The molecule has 1 amide bonds. The Morgan fingerprint density at radius 2 is 1.82 bits per heavy atom.